The van der Waals surface area contributed by atoms with Gasteiger partial charge < -0.3 is 15.8 Å². The SMILES string of the molecule is CCC1C(COc2cccc3cc(C(N)=O)c4nnnn4c23)NC(=O)C1F. The fraction of sp³-hybridized carbons (Fsp3) is 0.353. The largest absolute Gasteiger partial charge is 0.489 e. The number of nitrogens with two attached hydrogens (primary N) is 1. The number of para-hydroxylation sites is 1. The van der Waals surface area contributed by atoms with Crippen LogP contribution in [0.25, 0.3) is 16.6 Å². The number of benzene rings is 1. The number of primary amides is 1. The summed E-state index contributed by atoms with van der Waals surface area (Å²) in [5.41, 5.74) is 6.38. The smallest absolute Gasteiger partial charge is 0.255 e. The van der Waals surface area contributed by atoms with Crippen LogP contribution in [0.5, 0.6) is 5.75 Å². The summed E-state index contributed by atoms with van der Waals surface area (Å²) in [5.74, 6) is -1.24. The minimum atomic E-state index is -1.53. The number of fused-ring (bicyclic) bond motifs is 3. The Morgan fingerprint density at radius 3 is 3.00 bits per heavy atom. The summed E-state index contributed by atoms with van der Waals surface area (Å²) in [4.78, 5) is 23.3. The Balaban J connectivity index is 1.72. The third-order valence-corrected chi connectivity index (χ3v) is 4.88. The number of amides is 2. The first-order valence-electron chi connectivity index (χ1n) is 8.52. The Morgan fingerprint density at radius 2 is 2.26 bits per heavy atom. The van der Waals surface area contributed by atoms with Gasteiger partial charge in [0.1, 0.15) is 17.9 Å². The van der Waals surface area contributed by atoms with Crippen LogP contribution in [0.15, 0.2) is 24.3 Å². The van der Waals surface area contributed by atoms with Crippen LogP contribution in [0.2, 0.25) is 0 Å². The Hall–Kier alpha value is -3.30. The van der Waals surface area contributed by atoms with Crippen molar-refractivity contribution in [3.05, 3.63) is 29.8 Å². The van der Waals surface area contributed by atoms with E-state index >= 15 is 0 Å². The lowest BCUT2D eigenvalue weighted by atomic mass is 9.97. The molecule has 0 bridgehead atoms. The molecule has 1 saturated heterocycles. The molecule has 3 heterocycles. The molecular weight excluding hydrogens is 355 g/mol. The van der Waals surface area contributed by atoms with Crippen LogP contribution in [0.4, 0.5) is 4.39 Å². The minimum Gasteiger partial charge on any atom is -0.489 e. The molecule has 1 fully saturated rings. The summed E-state index contributed by atoms with van der Waals surface area (Å²) >= 11 is 0. The van der Waals surface area contributed by atoms with Gasteiger partial charge in [-0.05, 0) is 29.0 Å². The van der Waals surface area contributed by atoms with Crippen LogP contribution in [0.1, 0.15) is 23.7 Å². The van der Waals surface area contributed by atoms with E-state index in [9.17, 15) is 14.0 Å². The Labute approximate surface area is 152 Å². The Kier molecular flexibility index (Phi) is 4.09. The first-order chi connectivity index (χ1) is 13.0. The maximum atomic E-state index is 14.0. The van der Waals surface area contributed by atoms with Crippen molar-refractivity contribution in [1.82, 2.24) is 25.4 Å². The van der Waals surface area contributed by atoms with E-state index in [2.05, 4.69) is 20.8 Å². The van der Waals surface area contributed by atoms with Gasteiger partial charge in [-0.3, -0.25) is 9.59 Å². The number of halogens is 1. The number of carbonyl (C=O) groups is 2. The van der Waals surface area contributed by atoms with Gasteiger partial charge in [0.25, 0.3) is 11.8 Å². The predicted octanol–water partition coefficient (Wildman–Crippen LogP) is 0.618. The van der Waals surface area contributed by atoms with E-state index in [1.165, 1.54) is 4.52 Å². The van der Waals surface area contributed by atoms with E-state index < -0.39 is 29.9 Å². The normalized spacial score (nSPS) is 22.3. The van der Waals surface area contributed by atoms with Crippen LogP contribution >= 0.6 is 0 Å². The predicted molar refractivity (Wildman–Crippen MR) is 92.9 cm³/mol. The van der Waals surface area contributed by atoms with Crippen molar-refractivity contribution in [1.29, 1.82) is 0 Å². The van der Waals surface area contributed by atoms with Gasteiger partial charge in [-0.15, -0.1) is 5.10 Å². The number of tetrazole rings is 1. The molecule has 2 aromatic heterocycles. The second-order valence-corrected chi connectivity index (χ2v) is 6.43. The highest BCUT2D eigenvalue weighted by Crippen LogP contribution is 2.29. The molecule has 4 rings (SSSR count). The van der Waals surface area contributed by atoms with Gasteiger partial charge in [0, 0.05) is 11.3 Å². The van der Waals surface area contributed by atoms with Crippen molar-refractivity contribution < 1.29 is 18.7 Å². The van der Waals surface area contributed by atoms with Gasteiger partial charge in [0.2, 0.25) is 0 Å². The molecule has 3 aromatic rings. The summed E-state index contributed by atoms with van der Waals surface area (Å²) in [6.45, 7) is 1.93. The molecule has 1 aliphatic rings. The summed E-state index contributed by atoms with van der Waals surface area (Å²) in [7, 11) is 0. The monoisotopic (exact) mass is 372 g/mol. The van der Waals surface area contributed by atoms with E-state index in [1.54, 1.807) is 24.3 Å². The van der Waals surface area contributed by atoms with E-state index in [0.717, 1.165) is 0 Å². The molecule has 3 atom stereocenters. The van der Waals surface area contributed by atoms with Crippen LogP contribution in [-0.2, 0) is 4.79 Å². The van der Waals surface area contributed by atoms with Crippen molar-refractivity contribution in [2.45, 2.75) is 25.6 Å². The van der Waals surface area contributed by atoms with Gasteiger partial charge >= 0.3 is 0 Å². The van der Waals surface area contributed by atoms with Crippen molar-refractivity contribution in [3.8, 4) is 5.75 Å². The molecule has 2 amide bonds. The zero-order valence-electron chi connectivity index (χ0n) is 14.4. The molecule has 0 spiro atoms. The maximum Gasteiger partial charge on any atom is 0.255 e. The van der Waals surface area contributed by atoms with Crippen molar-refractivity contribution in [2.24, 2.45) is 11.7 Å². The summed E-state index contributed by atoms with van der Waals surface area (Å²) in [6.07, 6.45) is -1.01. The van der Waals surface area contributed by atoms with Crippen molar-refractivity contribution >= 4 is 28.4 Å². The average Bonchev–Trinajstić information content (AvgIpc) is 3.24. The molecule has 9 nitrogen and oxygen atoms in total. The fourth-order valence-electron chi connectivity index (χ4n) is 3.51. The molecule has 1 aliphatic heterocycles. The van der Waals surface area contributed by atoms with Crippen molar-refractivity contribution in [3.63, 3.8) is 0 Å². The molecule has 1 aromatic carbocycles. The highest BCUT2D eigenvalue weighted by Gasteiger charge is 2.41. The standard InChI is InChI=1S/C17H17FN6O3/c1-2-9-11(20-17(26)13(9)18)7-27-12-5-3-4-8-6-10(15(19)25)16-21-22-23-24(16)14(8)12/h3-6,9,11,13H,2,7H2,1H3,(H2,19,25)(H,20,26). The van der Waals surface area contributed by atoms with Crippen LogP contribution < -0.4 is 15.8 Å². The molecule has 10 heteroatoms. The van der Waals surface area contributed by atoms with Crippen LogP contribution in [-0.4, -0.2) is 50.7 Å². The second-order valence-electron chi connectivity index (χ2n) is 6.43. The van der Waals surface area contributed by atoms with Crippen molar-refractivity contribution in [2.75, 3.05) is 6.61 Å². The molecule has 0 saturated carbocycles. The number of alkyl halides is 1. The lowest BCUT2D eigenvalue weighted by Crippen LogP contribution is -2.34. The zero-order chi connectivity index (χ0) is 19.1. The number of ether oxygens (including phenoxy) is 1. The number of hydrogen-bond donors (Lipinski definition) is 2. The fourth-order valence-corrected chi connectivity index (χ4v) is 3.51. The topological polar surface area (TPSA) is 124 Å². The summed E-state index contributed by atoms with van der Waals surface area (Å²) < 4.78 is 21.2. The highest BCUT2D eigenvalue weighted by atomic mass is 19.1. The van der Waals surface area contributed by atoms with Gasteiger partial charge in [-0.25, -0.2) is 4.39 Å². The van der Waals surface area contributed by atoms with Gasteiger partial charge in [0.05, 0.1) is 11.6 Å². The Bertz CT molecular complexity index is 1050. The lowest BCUT2D eigenvalue weighted by molar-refractivity contribution is -0.123. The third kappa shape index (κ3) is 2.73. The molecule has 0 aliphatic carbocycles. The van der Waals surface area contributed by atoms with E-state index in [4.69, 9.17) is 10.5 Å². The molecular formula is C17H17FN6O3. The number of aromatic nitrogens is 4. The van der Waals surface area contributed by atoms with Gasteiger partial charge in [0.15, 0.2) is 11.8 Å². The molecule has 0 radical (unpaired) electrons. The van der Waals surface area contributed by atoms with E-state index in [1.807, 2.05) is 6.92 Å². The molecule has 27 heavy (non-hydrogen) atoms. The molecule has 3 N–H and O–H groups in total. The minimum absolute atomic E-state index is 0.102. The summed E-state index contributed by atoms with van der Waals surface area (Å²) in [5, 5.41) is 14.7. The first-order valence-corrected chi connectivity index (χ1v) is 8.52. The van der Waals surface area contributed by atoms with Gasteiger partial charge in [-0.2, -0.15) is 4.52 Å². The zero-order valence-corrected chi connectivity index (χ0v) is 14.4. The quantitative estimate of drug-likeness (QED) is 0.676. The van der Waals surface area contributed by atoms with Gasteiger partial charge in [-0.1, -0.05) is 19.1 Å². The average molecular weight is 372 g/mol. The Morgan fingerprint density at radius 1 is 1.44 bits per heavy atom. The highest BCUT2D eigenvalue weighted by molar-refractivity contribution is 6.03. The number of nitrogens with one attached hydrogen (secondary N) is 1. The molecule has 3 unspecified atom stereocenters. The lowest BCUT2D eigenvalue weighted by Gasteiger charge is -2.19. The maximum absolute atomic E-state index is 14.0. The third-order valence-electron chi connectivity index (χ3n) is 4.88. The first kappa shape index (κ1) is 17.1. The van der Waals surface area contributed by atoms with E-state index in [-0.39, 0.29) is 17.8 Å². The number of hydrogen-bond acceptors (Lipinski definition) is 6. The van der Waals surface area contributed by atoms with E-state index in [0.29, 0.717) is 23.1 Å². The number of rotatable bonds is 5. The van der Waals surface area contributed by atoms with Crippen LogP contribution in [0.3, 0.4) is 0 Å². The summed E-state index contributed by atoms with van der Waals surface area (Å²) in [6, 6.07) is 6.42. The number of carbonyl (C=O) groups excluding carboxylic acids is 2. The van der Waals surface area contributed by atoms with Crippen LogP contribution in [0, 0.1) is 5.92 Å². The second kappa shape index (κ2) is 6.45. The number of nitrogens with zero attached hydrogens (tertiary/aromatic N) is 4. The molecule has 140 valence electrons. The number of pyridine rings is 1.